The summed E-state index contributed by atoms with van der Waals surface area (Å²) in [4.78, 5) is 9.52. The van der Waals surface area contributed by atoms with Crippen LogP contribution in [0.3, 0.4) is 0 Å². The lowest BCUT2D eigenvalue weighted by Crippen LogP contribution is -2.42. The fourth-order valence-corrected chi connectivity index (χ4v) is 5.45. The largest absolute Gasteiger partial charge is 0.379 e. The van der Waals surface area contributed by atoms with Crippen LogP contribution in [-0.2, 0) is 4.74 Å². The molecule has 0 bridgehead atoms. The monoisotopic (exact) mass is 461 g/mol. The van der Waals surface area contributed by atoms with E-state index in [1.54, 1.807) is 0 Å². The molecule has 2 saturated heterocycles. The van der Waals surface area contributed by atoms with Gasteiger partial charge in [0.05, 0.1) is 31.0 Å². The number of hydrogen-bond acceptors (Lipinski definition) is 4. The maximum absolute atomic E-state index is 5.87. The van der Waals surface area contributed by atoms with Crippen molar-refractivity contribution >= 4 is 17.3 Å². The van der Waals surface area contributed by atoms with Gasteiger partial charge in [0.15, 0.2) is 5.11 Å². The number of aryl methyl sites for hydroxylation is 1. The van der Waals surface area contributed by atoms with Gasteiger partial charge in [0.25, 0.3) is 0 Å². The SMILES string of the molecule is Cc1cc([C@H]2[C@@H](c3ccccn3)NC(=S)N2CCN2CCOCC2)c(C)n1-c1ccccc1. The molecule has 7 heteroatoms. The van der Waals surface area contributed by atoms with Crippen molar-refractivity contribution in [2.75, 3.05) is 39.4 Å². The molecule has 2 aliphatic rings. The van der Waals surface area contributed by atoms with Crippen molar-refractivity contribution < 1.29 is 4.74 Å². The van der Waals surface area contributed by atoms with Gasteiger partial charge < -0.3 is 19.5 Å². The van der Waals surface area contributed by atoms with Crippen molar-refractivity contribution in [3.05, 3.63) is 83.4 Å². The topological polar surface area (TPSA) is 45.6 Å². The maximum atomic E-state index is 5.87. The quantitative estimate of drug-likeness (QED) is 0.564. The molecule has 0 radical (unpaired) electrons. The summed E-state index contributed by atoms with van der Waals surface area (Å²) in [6.07, 6.45) is 1.86. The first kappa shape index (κ1) is 22.1. The zero-order chi connectivity index (χ0) is 22.8. The van der Waals surface area contributed by atoms with Gasteiger partial charge in [-0.25, -0.2) is 0 Å². The van der Waals surface area contributed by atoms with Crippen molar-refractivity contribution in [2.45, 2.75) is 25.9 Å². The van der Waals surface area contributed by atoms with Crippen molar-refractivity contribution in [2.24, 2.45) is 0 Å². The third-order valence-corrected chi connectivity index (χ3v) is 7.11. The summed E-state index contributed by atoms with van der Waals surface area (Å²) in [5.41, 5.74) is 5.96. The molecule has 0 amide bonds. The number of para-hydroxylation sites is 1. The van der Waals surface area contributed by atoms with Crippen LogP contribution in [0.15, 0.2) is 60.8 Å². The van der Waals surface area contributed by atoms with E-state index in [4.69, 9.17) is 17.0 Å². The van der Waals surface area contributed by atoms with Gasteiger partial charge >= 0.3 is 0 Å². The lowest BCUT2D eigenvalue weighted by Gasteiger charge is -2.32. The number of pyridine rings is 1. The highest BCUT2D eigenvalue weighted by molar-refractivity contribution is 7.80. The fourth-order valence-electron chi connectivity index (χ4n) is 5.12. The predicted molar refractivity (Wildman–Crippen MR) is 135 cm³/mol. The van der Waals surface area contributed by atoms with E-state index in [1.807, 2.05) is 18.3 Å². The fraction of sp³-hybridized carbons (Fsp3) is 0.385. The van der Waals surface area contributed by atoms with Gasteiger partial charge in [-0.2, -0.15) is 0 Å². The van der Waals surface area contributed by atoms with Gasteiger partial charge in [-0.15, -0.1) is 0 Å². The standard InChI is InChI=1S/C26H31N5OS/c1-19-18-22(20(2)31(19)21-8-4-3-5-9-21)25-24(23-10-6-7-11-27-23)28-26(33)30(25)13-12-29-14-16-32-17-15-29/h3-11,18,24-25H,12-17H2,1-2H3,(H,28,33)/t24-,25+/m1/s1. The Kier molecular flexibility index (Phi) is 6.44. The Labute approximate surface area is 201 Å². The molecule has 0 unspecified atom stereocenters. The summed E-state index contributed by atoms with van der Waals surface area (Å²) in [5, 5.41) is 4.39. The summed E-state index contributed by atoms with van der Waals surface area (Å²) in [6, 6.07) is 19.1. The summed E-state index contributed by atoms with van der Waals surface area (Å²) < 4.78 is 7.87. The number of rotatable bonds is 6. The minimum atomic E-state index is 0.00751. The van der Waals surface area contributed by atoms with Crippen LogP contribution in [0, 0.1) is 13.8 Å². The molecular formula is C26H31N5OS. The van der Waals surface area contributed by atoms with Crippen molar-refractivity contribution in [1.82, 2.24) is 24.7 Å². The molecule has 2 aromatic heterocycles. The number of benzene rings is 1. The van der Waals surface area contributed by atoms with E-state index in [0.717, 1.165) is 50.2 Å². The zero-order valence-corrected chi connectivity index (χ0v) is 20.1. The number of thiocarbonyl (C=S) groups is 1. The molecule has 1 N–H and O–H groups in total. The Balaban J connectivity index is 1.52. The Hall–Kier alpha value is -2.74. The lowest BCUT2D eigenvalue weighted by molar-refractivity contribution is 0.0350. The highest BCUT2D eigenvalue weighted by atomic mass is 32.1. The van der Waals surface area contributed by atoms with Crippen LogP contribution in [0.4, 0.5) is 0 Å². The normalized spacial score (nSPS) is 21.4. The molecule has 1 aromatic carbocycles. The van der Waals surface area contributed by atoms with Crippen molar-refractivity contribution in [1.29, 1.82) is 0 Å². The van der Waals surface area contributed by atoms with Crippen molar-refractivity contribution in [3.63, 3.8) is 0 Å². The third-order valence-electron chi connectivity index (χ3n) is 6.76. The van der Waals surface area contributed by atoms with Crippen LogP contribution in [0.5, 0.6) is 0 Å². The van der Waals surface area contributed by atoms with E-state index < -0.39 is 0 Å². The van der Waals surface area contributed by atoms with Crippen LogP contribution in [0.2, 0.25) is 0 Å². The van der Waals surface area contributed by atoms with E-state index in [0.29, 0.717) is 0 Å². The second-order valence-electron chi connectivity index (χ2n) is 8.77. The van der Waals surface area contributed by atoms with E-state index in [2.05, 4.69) is 81.0 Å². The van der Waals surface area contributed by atoms with E-state index in [9.17, 15) is 0 Å². The predicted octanol–water partition coefficient (Wildman–Crippen LogP) is 3.79. The molecule has 2 aliphatic heterocycles. The molecule has 0 aliphatic carbocycles. The molecular weight excluding hydrogens is 430 g/mol. The number of aromatic nitrogens is 2. The first-order valence-corrected chi connectivity index (χ1v) is 12.1. The van der Waals surface area contributed by atoms with Crippen LogP contribution in [-0.4, -0.2) is 63.9 Å². The maximum Gasteiger partial charge on any atom is 0.170 e. The minimum Gasteiger partial charge on any atom is -0.379 e. The van der Waals surface area contributed by atoms with Gasteiger partial charge in [0.1, 0.15) is 0 Å². The zero-order valence-electron chi connectivity index (χ0n) is 19.3. The molecule has 3 aromatic rings. The summed E-state index contributed by atoms with van der Waals surface area (Å²) in [6.45, 7) is 9.80. The molecule has 6 nitrogen and oxygen atoms in total. The molecule has 33 heavy (non-hydrogen) atoms. The molecule has 172 valence electrons. The molecule has 4 heterocycles. The van der Waals surface area contributed by atoms with Gasteiger partial charge in [-0.3, -0.25) is 9.88 Å². The Morgan fingerprint density at radius 2 is 1.79 bits per heavy atom. The number of nitrogens with one attached hydrogen (secondary N) is 1. The van der Waals surface area contributed by atoms with E-state index in [-0.39, 0.29) is 12.1 Å². The number of nitrogens with zero attached hydrogens (tertiary/aromatic N) is 4. The molecule has 2 fully saturated rings. The van der Waals surface area contributed by atoms with Gasteiger partial charge in [0, 0.05) is 49.5 Å². The Morgan fingerprint density at radius 3 is 2.52 bits per heavy atom. The Morgan fingerprint density at radius 1 is 1.03 bits per heavy atom. The third kappa shape index (κ3) is 4.40. The second-order valence-corrected chi connectivity index (χ2v) is 9.16. The van der Waals surface area contributed by atoms with Crippen LogP contribution in [0.25, 0.3) is 5.69 Å². The average molecular weight is 462 g/mol. The Bertz CT molecular complexity index is 1090. The molecule has 0 spiro atoms. The van der Waals surface area contributed by atoms with Crippen LogP contribution >= 0.6 is 12.2 Å². The number of morpholine rings is 1. The van der Waals surface area contributed by atoms with Crippen molar-refractivity contribution in [3.8, 4) is 5.69 Å². The highest BCUT2D eigenvalue weighted by Gasteiger charge is 2.41. The van der Waals surface area contributed by atoms with E-state index in [1.165, 1.54) is 22.6 Å². The van der Waals surface area contributed by atoms with Gasteiger partial charge in [0.2, 0.25) is 0 Å². The molecule has 5 rings (SSSR count). The second kappa shape index (κ2) is 9.63. The number of ether oxygens (including phenoxy) is 1. The average Bonchev–Trinajstić information content (AvgIpc) is 3.34. The van der Waals surface area contributed by atoms with Crippen LogP contribution in [0.1, 0.15) is 34.7 Å². The summed E-state index contributed by atoms with van der Waals surface area (Å²) in [7, 11) is 0. The van der Waals surface area contributed by atoms with Gasteiger partial charge in [-0.1, -0.05) is 24.3 Å². The first-order valence-electron chi connectivity index (χ1n) is 11.7. The van der Waals surface area contributed by atoms with Crippen LogP contribution < -0.4 is 5.32 Å². The minimum absolute atomic E-state index is 0.00751. The summed E-state index contributed by atoms with van der Waals surface area (Å²) in [5.74, 6) is 0. The highest BCUT2D eigenvalue weighted by Crippen LogP contribution is 2.41. The summed E-state index contributed by atoms with van der Waals surface area (Å²) >= 11 is 5.87. The number of hydrogen-bond donors (Lipinski definition) is 1. The molecule has 0 saturated carbocycles. The van der Waals surface area contributed by atoms with E-state index >= 15 is 0 Å². The van der Waals surface area contributed by atoms with Gasteiger partial charge in [-0.05, 0) is 62.0 Å². The first-order chi connectivity index (χ1) is 16.1. The lowest BCUT2D eigenvalue weighted by atomic mass is 9.96. The smallest absolute Gasteiger partial charge is 0.170 e. The molecule has 2 atom stereocenters.